The van der Waals surface area contributed by atoms with E-state index in [4.69, 9.17) is 0 Å². The van der Waals surface area contributed by atoms with Crippen LogP contribution in [0.3, 0.4) is 0 Å². The van der Waals surface area contributed by atoms with Crippen molar-refractivity contribution in [3.05, 3.63) is 45.9 Å². The molecular formula is C22H31N5OS. The maximum atomic E-state index is 12.8. The van der Waals surface area contributed by atoms with Crippen LogP contribution in [-0.4, -0.2) is 84.5 Å². The molecular weight excluding hydrogens is 382 g/mol. The van der Waals surface area contributed by atoms with Crippen LogP contribution in [0.5, 0.6) is 0 Å². The van der Waals surface area contributed by atoms with Gasteiger partial charge in [-0.1, -0.05) is 24.6 Å². The highest BCUT2D eigenvalue weighted by Gasteiger charge is 2.24. The Hall–Kier alpha value is -1.96. The Balaban J connectivity index is 1.27. The average molecular weight is 414 g/mol. The lowest BCUT2D eigenvalue weighted by Crippen LogP contribution is -2.48. The Morgan fingerprint density at radius 3 is 2.28 bits per heavy atom. The lowest BCUT2D eigenvalue weighted by Gasteiger charge is -2.35. The molecule has 0 aliphatic carbocycles. The average Bonchev–Trinajstić information content (AvgIpc) is 3.23. The normalized spacial score (nSPS) is 19.0. The van der Waals surface area contributed by atoms with Gasteiger partial charge in [-0.25, -0.2) is 4.98 Å². The first-order chi connectivity index (χ1) is 14.1. The van der Waals surface area contributed by atoms with Gasteiger partial charge in [0, 0.05) is 63.4 Å². The molecule has 2 aliphatic heterocycles. The molecule has 0 N–H and O–H groups in total. The summed E-state index contributed by atoms with van der Waals surface area (Å²) in [6, 6.07) is 8.78. The molecule has 4 rings (SSSR count). The molecule has 1 amide bonds. The largest absolute Gasteiger partial charge is 0.369 e. The van der Waals surface area contributed by atoms with Crippen molar-refractivity contribution in [2.24, 2.45) is 0 Å². The van der Waals surface area contributed by atoms with Crippen molar-refractivity contribution in [3.8, 4) is 0 Å². The number of carbonyl (C=O) groups is 1. The van der Waals surface area contributed by atoms with Gasteiger partial charge in [0.15, 0.2) is 0 Å². The Kier molecular flexibility index (Phi) is 6.47. The van der Waals surface area contributed by atoms with E-state index in [2.05, 4.69) is 57.8 Å². The predicted octanol–water partition coefficient (Wildman–Crippen LogP) is 2.55. The molecule has 0 bridgehead atoms. The molecule has 7 heteroatoms. The fourth-order valence-corrected chi connectivity index (χ4v) is 4.83. The number of nitrogens with zero attached hydrogens (tertiary/aromatic N) is 5. The SMILES string of the molecule is CCN1CCN(C(=O)c2csc(CN3CCN(c4ccc(C)cc4)CC3)n2)CC1. The standard InChI is InChI=1S/C22H31N5OS/c1-3-24-8-14-27(15-9-24)22(28)20-17-29-21(23-20)16-25-10-12-26(13-11-25)19-6-4-18(2)5-7-19/h4-7,17H,3,8-16H2,1-2H3. The number of amides is 1. The van der Waals surface area contributed by atoms with Gasteiger partial charge in [0.1, 0.15) is 10.7 Å². The molecule has 0 spiro atoms. The summed E-state index contributed by atoms with van der Waals surface area (Å²) in [5.74, 6) is 0.0902. The van der Waals surface area contributed by atoms with E-state index < -0.39 is 0 Å². The topological polar surface area (TPSA) is 42.9 Å². The van der Waals surface area contributed by atoms with Crippen LogP contribution < -0.4 is 4.90 Å². The molecule has 3 heterocycles. The summed E-state index contributed by atoms with van der Waals surface area (Å²) < 4.78 is 0. The third-order valence-electron chi connectivity index (χ3n) is 6.01. The Morgan fingerprint density at radius 1 is 0.966 bits per heavy atom. The second kappa shape index (κ2) is 9.24. The van der Waals surface area contributed by atoms with Gasteiger partial charge in [-0.2, -0.15) is 0 Å². The van der Waals surface area contributed by atoms with Crippen LogP contribution in [0.25, 0.3) is 0 Å². The fraction of sp³-hybridized carbons (Fsp3) is 0.545. The molecule has 2 aliphatic rings. The van der Waals surface area contributed by atoms with Crippen LogP contribution in [-0.2, 0) is 6.54 Å². The lowest BCUT2D eigenvalue weighted by molar-refractivity contribution is 0.0638. The number of likely N-dealkylation sites (N-methyl/N-ethyl adjacent to an activating group) is 1. The first kappa shape index (κ1) is 20.3. The van der Waals surface area contributed by atoms with Crippen molar-refractivity contribution in [3.63, 3.8) is 0 Å². The van der Waals surface area contributed by atoms with Crippen molar-refractivity contribution in [1.29, 1.82) is 0 Å². The maximum absolute atomic E-state index is 12.8. The minimum atomic E-state index is 0.0902. The maximum Gasteiger partial charge on any atom is 0.273 e. The molecule has 0 radical (unpaired) electrons. The highest BCUT2D eigenvalue weighted by molar-refractivity contribution is 7.09. The second-order valence-corrected chi connectivity index (χ2v) is 8.89. The Bertz CT molecular complexity index is 805. The van der Waals surface area contributed by atoms with E-state index in [0.29, 0.717) is 5.69 Å². The molecule has 2 aromatic rings. The number of carbonyl (C=O) groups excluding carboxylic acids is 1. The van der Waals surface area contributed by atoms with Crippen molar-refractivity contribution >= 4 is 22.9 Å². The van der Waals surface area contributed by atoms with Crippen molar-refractivity contribution in [2.45, 2.75) is 20.4 Å². The number of aryl methyl sites for hydroxylation is 1. The minimum absolute atomic E-state index is 0.0902. The highest BCUT2D eigenvalue weighted by Crippen LogP contribution is 2.20. The molecule has 0 atom stereocenters. The van der Waals surface area contributed by atoms with Crippen molar-refractivity contribution in [1.82, 2.24) is 19.7 Å². The number of anilines is 1. The van der Waals surface area contributed by atoms with Gasteiger partial charge >= 0.3 is 0 Å². The van der Waals surface area contributed by atoms with Crippen LogP contribution in [0, 0.1) is 6.92 Å². The summed E-state index contributed by atoms with van der Waals surface area (Å²) in [5, 5.41) is 2.98. The number of hydrogen-bond acceptors (Lipinski definition) is 6. The number of piperazine rings is 2. The molecule has 6 nitrogen and oxygen atoms in total. The number of hydrogen-bond donors (Lipinski definition) is 0. The quantitative estimate of drug-likeness (QED) is 0.754. The molecule has 2 fully saturated rings. The lowest BCUT2D eigenvalue weighted by atomic mass is 10.2. The number of aromatic nitrogens is 1. The molecule has 2 saturated heterocycles. The summed E-state index contributed by atoms with van der Waals surface area (Å²) in [6.45, 7) is 13.8. The molecule has 1 aromatic heterocycles. The summed E-state index contributed by atoms with van der Waals surface area (Å²) >= 11 is 1.62. The summed E-state index contributed by atoms with van der Waals surface area (Å²) in [4.78, 5) is 26.6. The van der Waals surface area contributed by atoms with Crippen molar-refractivity contribution in [2.75, 3.05) is 63.8 Å². The van der Waals surface area contributed by atoms with Gasteiger partial charge in [-0.3, -0.25) is 9.69 Å². The summed E-state index contributed by atoms with van der Waals surface area (Å²) in [6.07, 6.45) is 0. The van der Waals surface area contributed by atoms with Gasteiger partial charge in [-0.15, -0.1) is 11.3 Å². The van der Waals surface area contributed by atoms with E-state index in [9.17, 15) is 4.79 Å². The second-order valence-electron chi connectivity index (χ2n) is 7.95. The third-order valence-corrected chi connectivity index (χ3v) is 6.84. The van der Waals surface area contributed by atoms with Crippen LogP contribution in [0.4, 0.5) is 5.69 Å². The fourth-order valence-electron chi connectivity index (χ4n) is 4.02. The van der Waals surface area contributed by atoms with Crippen molar-refractivity contribution < 1.29 is 4.79 Å². The van der Waals surface area contributed by atoms with E-state index in [1.807, 2.05) is 10.3 Å². The van der Waals surface area contributed by atoms with Gasteiger partial charge in [0.2, 0.25) is 0 Å². The van der Waals surface area contributed by atoms with Gasteiger partial charge in [0.05, 0.1) is 6.54 Å². The zero-order chi connectivity index (χ0) is 20.2. The predicted molar refractivity (Wildman–Crippen MR) is 119 cm³/mol. The van der Waals surface area contributed by atoms with E-state index >= 15 is 0 Å². The number of rotatable bonds is 5. The van der Waals surface area contributed by atoms with Crippen LogP contribution >= 0.6 is 11.3 Å². The third kappa shape index (κ3) is 4.97. The Morgan fingerprint density at radius 2 is 1.62 bits per heavy atom. The Labute approximate surface area is 177 Å². The van der Waals surface area contributed by atoms with Gasteiger partial charge in [0.25, 0.3) is 5.91 Å². The van der Waals surface area contributed by atoms with E-state index in [-0.39, 0.29) is 5.91 Å². The van der Waals surface area contributed by atoms with Crippen LogP contribution in [0.1, 0.15) is 28.0 Å². The molecule has 29 heavy (non-hydrogen) atoms. The smallest absolute Gasteiger partial charge is 0.273 e. The van der Waals surface area contributed by atoms with E-state index in [1.54, 1.807) is 11.3 Å². The highest BCUT2D eigenvalue weighted by atomic mass is 32.1. The van der Waals surface area contributed by atoms with Crippen LogP contribution in [0.15, 0.2) is 29.6 Å². The van der Waals surface area contributed by atoms with Gasteiger partial charge < -0.3 is 14.7 Å². The monoisotopic (exact) mass is 413 g/mol. The molecule has 0 saturated carbocycles. The summed E-state index contributed by atoms with van der Waals surface area (Å²) in [5.41, 5.74) is 3.22. The van der Waals surface area contributed by atoms with Crippen LogP contribution in [0.2, 0.25) is 0 Å². The molecule has 0 unspecified atom stereocenters. The minimum Gasteiger partial charge on any atom is -0.369 e. The number of thiazole rings is 1. The molecule has 156 valence electrons. The number of benzene rings is 1. The first-order valence-electron chi connectivity index (χ1n) is 10.6. The zero-order valence-electron chi connectivity index (χ0n) is 17.5. The van der Waals surface area contributed by atoms with E-state index in [0.717, 1.165) is 70.5 Å². The van der Waals surface area contributed by atoms with E-state index in [1.165, 1.54) is 11.3 Å². The first-order valence-corrected chi connectivity index (χ1v) is 11.5. The van der Waals surface area contributed by atoms with Gasteiger partial charge in [-0.05, 0) is 25.6 Å². The zero-order valence-corrected chi connectivity index (χ0v) is 18.3. The summed E-state index contributed by atoms with van der Waals surface area (Å²) in [7, 11) is 0. The molecule has 1 aromatic carbocycles.